The van der Waals surface area contributed by atoms with Gasteiger partial charge in [0.15, 0.2) is 0 Å². The molecule has 0 aromatic carbocycles. The number of rotatable bonds is 8. The summed E-state index contributed by atoms with van der Waals surface area (Å²) in [5.74, 6) is 2.99. The zero-order valence-electron chi connectivity index (χ0n) is 13.1. The van der Waals surface area contributed by atoms with Gasteiger partial charge in [-0.15, -0.1) is 0 Å². The van der Waals surface area contributed by atoms with Crippen molar-refractivity contribution in [2.45, 2.75) is 39.5 Å². The minimum Gasteiger partial charge on any atom is -0.373 e. The SMILES string of the molecule is CCCc1nc(NC)c(C)c(NCCNC(=O)C2CC2)n1. The molecule has 21 heavy (non-hydrogen) atoms. The van der Waals surface area contributed by atoms with Crippen molar-refractivity contribution in [1.29, 1.82) is 0 Å². The Balaban J connectivity index is 1.90. The normalized spacial score (nSPS) is 13.9. The van der Waals surface area contributed by atoms with Crippen LogP contribution in [0.1, 0.15) is 37.6 Å². The van der Waals surface area contributed by atoms with Crippen LogP contribution in [-0.4, -0.2) is 36.0 Å². The van der Waals surface area contributed by atoms with Crippen molar-refractivity contribution >= 4 is 17.5 Å². The van der Waals surface area contributed by atoms with Crippen LogP contribution in [0.2, 0.25) is 0 Å². The molecule has 1 saturated carbocycles. The monoisotopic (exact) mass is 291 g/mol. The molecule has 0 saturated heterocycles. The lowest BCUT2D eigenvalue weighted by Gasteiger charge is -2.14. The molecule has 2 rings (SSSR count). The van der Waals surface area contributed by atoms with E-state index in [9.17, 15) is 4.79 Å². The van der Waals surface area contributed by atoms with E-state index in [0.29, 0.717) is 13.1 Å². The quantitative estimate of drug-likeness (QED) is 0.636. The number of aryl methyl sites for hydroxylation is 1. The van der Waals surface area contributed by atoms with Gasteiger partial charge >= 0.3 is 0 Å². The lowest BCUT2D eigenvalue weighted by atomic mass is 10.2. The van der Waals surface area contributed by atoms with Gasteiger partial charge in [-0.3, -0.25) is 4.79 Å². The molecule has 3 N–H and O–H groups in total. The van der Waals surface area contributed by atoms with E-state index in [2.05, 4.69) is 32.8 Å². The molecule has 116 valence electrons. The van der Waals surface area contributed by atoms with Crippen LogP contribution in [0.3, 0.4) is 0 Å². The highest BCUT2D eigenvalue weighted by molar-refractivity contribution is 5.80. The molecular weight excluding hydrogens is 266 g/mol. The van der Waals surface area contributed by atoms with Crippen LogP contribution >= 0.6 is 0 Å². The summed E-state index contributed by atoms with van der Waals surface area (Å²) >= 11 is 0. The van der Waals surface area contributed by atoms with Crippen LogP contribution in [0.15, 0.2) is 0 Å². The molecule has 0 unspecified atom stereocenters. The molecule has 1 aliphatic carbocycles. The Kier molecular flexibility index (Phi) is 5.36. The molecule has 0 atom stereocenters. The number of nitrogens with zero attached hydrogens (tertiary/aromatic N) is 2. The fourth-order valence-corrected chi connectivity index (χ4v) is 2.17. The molecule has 0 radical (unpaired) electrons. The smallest absolute Gasteiger partial charge is 0.223 e. The molecule has 6 heteroatoms. The lowest BCUT2D eigenvalue weighted by molar-refractivity contribution is -0.122. The summed E-state index contributed by atoms with van der Waals surface area (Å²) in [6.07, 6.45) is 3.96. The van der Waals surface area contributed by atoms with Crippen molar-refractivity contribution in [2.24, 2.45) is 5.92 Å². The van der Waals surface area contributed by atoms with Gasteiger partial charge in [0, 0.05) is 38.0 Å². The van der Waals surface area contributed by atoms with Crippen molar-refractivity contribution in [2.75, 3.05) is 30.8 Å². The van der Waals surface area contributed by atoms with Crippen LogP contribution in [0, 0.1) is 12.8 Å². The second kappa shape index (κ2) is 7.24. The predicted molar refractivity (Wildman–Crippen MR) is 84.5 cm³/mol. The van der Waals surface area contributed by atoms with E-state index in [4.69, 9.17) is 0 Å². The first-order valence-corrected chi connectivity index (χ1v) is 7.72. The summed E-state index contributed by atoms with van der Waals surface area (Å²) in [6, 6.07) is 0. The number of amides is 1. The van der Waals surface area contributed by atoms with E-state index >= 15 is 0 Å². The maximum absolute atomic E-state index is 11.5. The van der Waals surface area contributed by atoms with Gasteiger partial charge in [-0.25, -0.2) is 9.97 Å². The molecule has 1 fully saturated rings. The van der Waals surface area contributed by atoms with Crippen molar-refractivity contribution in [3.63, 3.8) is 0 Å². The lowest BCUT2D eigenvalue weighted by Crippen LogP contribution is -2.30. The fourth-order valence-electron chi connectivity index (χ4n) is 2.17. The summed E-state index contributed by atoms with van der Waals surface area (Å²) in [4.78, 5) is 20.6. The number of carbonyl (C=O) groups is 1. The molecule has 1 aromatic heterocycles. The summed E-state index contributed by atoms with van der Waals surface area (Å²) in [5.41, 5.74) is 1.01. The second-order valence-electron chi connectivity index (χ2n) is 5.45. The average Bonchev–Trinajstić information content (AvgIpc) is 3.31. The minimum absolute atomic E-state index is 0.179. The molecule has 6 nitrogen and oxygen atoms in total. The van der Waals surface area contributed by atoms with Crippen LogP contribution in [0.4, 0.5) is 11.6 Å². The third-order valence-electron chi connectivity index (χ3n) is 3.57. The summed E-state index contributed by atoms with van der Waals surface area (Å²) in [6.45, 7) is 5.40. The largest absolute Gasteiger partial charge is 0.373 e. The molecule has 1 heterocycles. The van der Waals surface area contributed by atoms with Gasteiger partial charge in [0.05, 0.1) is 0 Å². The molecule has 1 aliphatic rings. The number of hydrogen-bond acceptors (Lipinski definition) is 5. The fraction of sp³-hybridized carbons (Fsp3) is 0.667. The van der Waals surface area contributed by atoms with Crippen molar-refractivity contribution in [1.82, 2.24) is 15.3 Å². The Morgan fingerprint density at radius 1 is 1.24 bits per heavy atom. The van der Waals surface area contributed by atoms with E-state index in [-0.39, 0.29) is 11.8 Å². The molecule has 1 aromatic rings. The number of aromatic nitrogens is 2. The number of carbonyl (C=O) groups excluding carboxylic acids is 1. The number of hydrogen-bond donors (Lipinski definition) is 3. The Labute approximate surface area is 126 Å². The van der Waals surface area contributed by atoms with Crippen LogP contribution in [0.5, 0.6) is 0 Å². The van der Waals surface area contributed by atoms with E-state index in [0.717, 1.165) is 48.7 Å². The molecular formula is C15H25N5O. The topological polar surface area (TPSA) is 78.9 Å². The maximum atomic E-state index is 11.5. The van der Waals surface area contributed by atoms with E-state index in [1.54, 1.807) is 0 Å². The van der Waals surface area contributed by atoms with Crippen molar-refractivity contribution in [3.05, 3.63) is 11.4 Å². The maximum Gasteiger partial charge on any atom is 0.223 e. The standard InChI is InChI=1S/C15H25N5O/c1-4-5-12-19-13(16-3)10(2)14(20-12)17-8-9-18-15(21)11-6-7-11/h11H,4-9H2,1-3H3,(H,18,21)(H2,16,17,19,20). The summed E-state index contributed by atoms with van der Waals surface area (Å²) in [5, 5.41) is 9.34. The molecule has 1 amide bonds. The average molecular weight is 291 g/mol. The summed E-state index contributed by atoms with van der Waals surface area (Å²) in [7, 11) is 1.87. The Morgan fingerprint density at radius 3 is 2.57 bits per heavy atom. The van der Waals surface area contributed by atoms with Gasteiger partial charge in [-0.05, 0) is 26.2 Å². The third-order valence-corrected chi connectivity index (χ3v) is 3.57. The first-order chi connectivity index (χ1) is 10.2. The first kappa shape index (κ1) is 15.5. The molecule has 0 spiro atoms. The number of anilines is 2. The van der Waals surface area contributed by atoms with Crippen molar-refractivity contribution < 1.29 is 4.79 Å². The highest BCUT2D eigenvalue weighted by atomic mass is 16.2. The second-order valence-corrected chi connectivity index (χ2v) is 5.45. The van der Waals surface area contributed by atoms with Gasteiger partial charge in [0.25, 0.3) is 0 Å². The Morgan fingerprint density at radius 2 is 1.95 bits per heavy atom. The van der Waals surface area contributed by atoms with Crippen molar-refractivity contribution in [3.8, 4) is 0 Å². The predicted octanol–water partition coefficient (Wildman–Crippen LogP) is 1.72. The third kappa shape index (κ3) is 4.31. The van der Waals surface area contributed by atoms with Crippen LogP contribution < -0.4 is 16.0 Å². The van der Waals surface area contributed by atoms with Gasteiger partial charge in [-0.2, -0.15) is 0 Å². The van der Waals surface area contributed by atoms with Gasteiger partial charge in [0.2, 0.25) is 5.91 Å². The minimum atomic E-state index is 0.179. The van der Waals surface area contributed by atoms with E-state index < -0.39 is 0 Å². The van der Waals surface area contributed by atoms with E-state index in [1.807, 2.05) is 14.0 Å². The molecule has 0 aliphatic heterocycles. The van der Waals surface area contributed by atoms with Crippen LogP contribution in [-0.2, 0) is 11.2 Å². The zero-order valence-corrected chi connectivity index (χ0v) is 13.1. The number of nitrogens with one attached hydrogen (secondary N) is 3. The Hall–Kier alpha value is -1.85. The summed E-state index contributed by atoms with van der Waals surface area (Å²) < 4.78 is 0. The molecule has 0 bridgehead atoms. The van der Waals surface area contributed by atoms with Gasteiger partial charge in [-0.1, -0.05) is 6.92 Å². The Bertz CT molecular complexity index is 499. The van der Waals surface area contributed by atoms with Gasteiger partial charge in [0.1, 0.15) is 17.5 Å². The van der Waals surface area contributed by atoms with E-state index in [1.165, 1.54) is 0 Å². The van der Waals surface area contributed by atoms with Crippen LogP contribution in [0.25, 0.3) is 0 Å². The first-order valence-electron chi connectivity index (χ1n) is 7.72. The zero-order chi connectivity index (χ0) is 15.2. The van der Waals surface area contributed by atoms with Gasteiger partial charge < -0.3 is 16.0 Å². The highest BCUT2D eigenvalue weighted by Crippen LogP contribution is 2.28. The highest BCUT2D eigenvalue weighted by Gasteiger charge is 2.28.